The second kappa shape index (κ2) is 11.0. The third-order valence-electron chi connectivity index (χ3n) is 7.46. The van der Waals surface area contributed by atoms with Crippen LogP contribution in [0, 0.1) is 0 Å². The molecule has 2 saturated heterocycles. The van der Waals surface area contributed by atoms with Gasteiger partial charge in [-0.3, -0.25) is 4.57 Å². The number of aryl methyl sites for hydroxylation is 1. The van der Waals surface area contributed by atoms with Crippen molar-refractivity contribution in [2.45, 2.75) is 6.36 Å². The van der Waals surface area contributed by atoms with Crippen LogP contribution in [0.2, 0.25) is 0 Å². The highest BCUT2D eigenvalue weighted by atomic mass is 19.4. The number of carbonyl (C=O) groups is 1. The summed E-state index contributed by atoms with van der Waals surface area (Å²) in [7, 11) is 1.59. The van der Waals surface area contributed by atoms with Crippen molar-refractivity contribution in [2.24, 2.45) is 7.05 Å². The summed E-state index contributed by atoms with van der Waals surface area (Å²) in [4.78, 5) is 41.3. The zero-order chi connectivity index (χ0) is 29.4. The largest absolute Gasteiger partial charge is 0.573 e. The number of anilines is 2. The van der Waals surface area contributed by atoms with Gasteiger partial charge in [-0.2, -0.15) is 4.98 Å². The molecule has 4 aromatic rings. The third kappa shape index (κ3) is 5.49. The highest BCUT2D eigenvalue weighted by Gasteiger charge is 2.31. The average molecular weight is 584 g/mol. The van der Waals surface area contributed by atoms with E-state index in [-0.39, 0.29) is 5.75 Å². The number of nitrogens with zero attached hydrogens (tertiary/aromatic N) is 7. The van der Waals surface area contributed by atoms with Crippen LogP contribution in [0.3, 0.4) is 0 Å². The number of hydrogen-bond acceptors (Lipinski definition) is 8. The number of morpholine rings is 1. The minimum atomic E-state index is -4.73. The first-order valence-electron chi connectivity index (χ1n) is 13.5. The number of ether oxygens (including phenoxy) is 2. The number of fused-ring (bicyclic) bond motifs is 1. The summed E-state index contributed by atoms with van der Waals surface area (Å²) in [6.07, 6.45) is -3.20. The van der Waals surface area contributed by atoms with E-state index in [1.54, 1.807) is 24.1 Å². The predicted octanol–water partition coefficient (Wildman–Crippen LogP) is 3.32. The van der Waals surface area contributed by atoms with E-state index in [0.29, 0.717) is 69.6 Å². The quantitative estimate of drug-likeness (QED) is 0.361. The molecule has 0 atom stereocenters. The summed E-state index contributed by atoms with van der Waals surface area (Å²) in [5.41, 5.74) is 2.84. The molecule has 2 fully saturated rings. The number of carbonyl (C=O) groups excluding carboxylic acids is 1. The molecule has 4 heterocycles. The van der Waals surface area contributed by atoms with Crippen molar-refractivity contribution in [1.82, 2.24) is 24.0 Å². The fourth-order valence-electron chi connectivity index (χ4n) is 5.22. The fraction of sp³-hybridized carbons (Fsp3) is 0.357. The lowest BCUT2D eigenvalue weighted by Crippen LogP contribution is -2.51. The van der Waals surface area contributed by atoms with Crippen LogP contribution < -0.4 is 20.2 Å². The van der Waals surface area contributed by atoms with Crippen molar-refractivity contribution < 1.29 is 27.4 Å². The summed E-state index contributed by atoms with van der Waals surface area (Å²) in [6, 6.07) is 13.0. The number of benzene rings is 2. The second-order valence-corrected chi connectivity index (χ2v) is 10.0. The number of halogens is 3. The highest BCUT2D eigenvalue weighted by Crippen LogP contribution is 2.28. The van der Waals surface area contributed by atoms with E-state index < -0.39 is 18.1 Å². The van der Waals surface area contributed by atoms with Gasteiger partial charge in [-0.15, -0.1) is 13.2 Å². The molecule has 0 saturated carbocycles. The minimum absolute atomic E-state index is 0.272. The number of alkyl halides is 3. The zero-order valence-electron chi connectivity index (χ0n) is 22.8. The molecule has 2 aliphatic rings. The van der Waals surface area contributed by atoms with Crippen LogP contribution >= 0.6 is 0 Å². The van der Waals surface area contributed by atoms with E-state index in [0.717, 1.165) is 21.4 Å². The van der Waals surface area contributed by atoms with E-state index in [1.807, 2.05) is 29.2 Å². The van der Waals surface area contributed by atoms with E-state index in [9.17, 15) is 22.8 Å². The van der Waals surface area contributed by atoms with Gasteiger partial charge in [0.1, 0.15) is 11.3 Å². The molecular weight excluding hydrogens is 555 g/mol. The maximum atomic E-state index is 13.5. The Morgan fingerprint density at radius 2 is 1.50 bits per heavy atom. The minimum Gasteiger partial charge on any atom is -0.406 e. The Hall–Kier alpha value is -4.59. The van der Waals surface area contributed by atoms with Crippen molar-refractivity contribution >= 4 is 28.8 Å². The standard InChI is InChI=1S/C28H28F3N7O4/c1-34-24-23(18-32-25(33-24)36-14-16-41-17-15-36)38(26(34)39)27(40)37-12-10-35(11-13-37)21-6-2-19(3-7-21)20-4-8-22(9-5-20)42-28(29,30)31/h2-9,18H,10-17H2,1H3. The topological polar surface area (TPSA) is 98.0 Å². The molecule has 0 N–H and O–H groups in total. The van der Waals surface area contributed by atoms with E-state index in [1.165, 1.54) is 22.9 Å². The zero-order valence-corrected chi connectivity index (χ0v) is 22.8. The molecule has 0 radical (unpaired) electrons. The number of rotatable bonds is 4. The van der Waals surface area contributed by atoms with Crippen molar-refractivity contribution in [1.29, 1.82) is 0 Å². The van der Waals surface area contributed by atoms with Gasteiger partial charge >= 0.3 is 18.1 Å². The molecular formula is C28H28F3N7O4. The Labute approximate surface area is 238 Å². The van der Waals surface area contributed by atoms with Crippen molar-refractivity contribution in [3.8, 4) is 16.9 Å². The summed E-state index contributed by atoms with van der Waals surface area (Å²) >= 11 is 0. The maximum Gasteiger partial charge on any atom is 0.573 e. The Morgan fingerprint density at radius 1 is 0.881 bits per heavy atom. The lowest BCUT2D eigenvalue weighted by atomic mass is 10.0. The van der Waals surface area contributed by atoms with E-state index in [2.05, 4.69) is 19.6 Å². The van der Waals surface area contributed by atoms with Crippen LogP contribution in [0.5, 0.6) is 5.75 Å². The monoisotopic (exact) mass is 583 g/mol. The van der Waals surface area contributed by atoms with Crippen LogP contribution in [0.25, 0.3) is 22.3 Å². The SMILES string of the molecule is Cn1c(=O)n(C(=O)N2CCN(c3ccc(-c4ccc(OC(F)(F)F)cc4)cc3)CC2)c2cnc(N3CCOCC3)nc21. The molecule has 2 aliphatic heterocycles. The Balaban J connectivity index is 1.12. The Morgan fingerprint density at radius 3 is 2.12 bits per heavy atom. The molecule has 0 unspecified atom stereocenters. The van der Waals surface area contributed by atoms with Gasteiger partial charge in [0, 0.05) is 52.0 Å². The van der Waals surface area contributed by atoms with Crippen molar-refractivity contribution in [3.63, 3.8) is 0 Å². The summed E-state index contributed by atoms with van der Waals surface area (Å²) in [5.74, 6) is 0.226. The van der Waals surface area contributed by atoms with Gasteiger partial charge in [0.2, 0.25) is 5.95 Å². The Kier molecular flexibility index (Phi) is 7.22. The summed E-state index contributed by atoms with van der Waals surface area (Å²) in [6.45, 7) is 4.41. The molecule has 2 aromatic carbocycles. The molecule has 220 valence electrons. The van der Waals surface area contributed by atoms with Crippen LogP contribution in [-0.2, 0) is 11.8 Å². The van der Waals surface area contributed by atoms with Gasteiger partial charge in [-0.1, -0.05) is 24.3 Å². The average Bonchev–Trinajstić information content (AvgIpc) is 3.25. The number of aromatic nitrogens is 4. The first-order valence-corrected chi connectivity index (χ1v) is 13.5. The summed E-state index contributed by atoms with van der Waals surface area (Å²) < 4.78 is 49.1. The van der Waals surface area contributed by atoms with Crippen LogP contribution in [0.15, 0.2) is 59.5 Å². The maximum absolute atomic E-state index is 13.5. The fourth-order valence-corrected chi connectivity index (χ4v) is 5.22. The Bertz CT molecular complexity index is 1640. The van der Waals surface area contributed by atoms with E-state index in [4.69, 9.17) is 4.74 Å². The lowest BCUT2D eigenvalue weighted by molar-refractivity contribution is -0.274. The summed E-state index contributed by atoms with van der Waals surface area (Å²) in [5, 5.41) is 0. The van der Waals surface area contributed by atoms with Crippen molar-refractivity contribution in [2.75, 3.05) is 62.3 Å². The van der Waals surface area contributed by atoms with Crippen LogP contribution in [0.4, 0.5) is 29.6 Å². The predicted molar refractivity (Wildman–Crippen MR) is 149 cm³/mol. The molecule has 0 bridgehead atoms. The van der Waals surface area contributed by atoms with Crippen LogP contribution in [0.1, 0.15) is 0 Å². The molecule has 0 spiro atoms. The molecule has 11 nitrogen and oxygen atoms in total. The molecule has 1 amide bonds. The normalized spacial score (nSPS) is 16.2. The first-order chi connectivity index (χ1) is 20.2. The molecule has 0 aliphatic carbocycles. The van der Waals surface area contributed by atoms with Gasteiger partial charge in [-0.25, -0.2) is 19.1 Å². The van der Waals surface area contributed by atoms with Gasteiger partial charge in [-0.05, 0) is 35.4 Å². The van der Waals surface area contributed by atoms with Gasteiger partial charge in [0.05, 0.1) is 19.4 Å². The first kappa shape index (κ1) is 27.6. The number of amides is 1. The molecule has 2 aromatic heterocycles. The van der Waals surface area contributed by atoms with Gasteiger partial charge in [0.25, 0.3) is 0 Å². The smallest absolute Gasteiger partial charge is 0.406 e. The van der Waals surface area contributed by atoms with Crippen LogP contribution in [-0.4, -0.2) is 88.9 Å². The van der Waals surface area contributed by atoms with Gasteiger partial charge in [0.15, 0.2) is 5.65 Å². The van der Waals surface area contributed by atoms with Gasteiger partial charge < -0.3 is 24.2 Å². The highest BCUT2D eigenvalue weighted by molar-refractivity contribution is 5.88. The van der Waals surface area contributed by atoms with Crippen molar-refractivity contribution in [3.05, 3.63) is 65.2 Å². The number of imidazole rings is 1. The number of hydrogen-bond donors (Lipinski definition) is 0. The molecule has 6 rings (SSSR count). The third-order valence-corrected chi connectivity index (χ3v) is 7.46. The second-order valence-electron chi connectivity index (χ2n) is 10.0. The molecule has 14 heteroatoms. The number of piperazine rings is 1. The van der Waals surface area contributed by atoms with E-state index >= 15 is 0 Å². The lowest BCUT2D eigenvalue weighted by Gasteiger charge is -2.36. The molecule has 42 heavy (non-hydrogen) atoms.